The van der Waals surface area contributed by atoms with Crippen molar-refractivity contribution in [3.05, 3.63) is 47.0 Å². The summed E-state index contributed by atoms with van der Waals surface area (Å²) in [4.78, 5) is 8.10. The van der Waals surface area contributed by atoms with E-state index in [1.54, 1.807) is 0 Å². The maximum absolute atomic E-state index is 6.41. The molecule has 152 valence electrons. The van der Waals surface area contributed by atoms with E-state index in [0.717, 1.165) is 45.4 Å². The molecule has 30 heavy (non-hydrogen) atoms. The summed E-state index contributed by atoms with van der Waals surface area (Å²) in [5.74, 6) is 2.88. The van der Waals surface area contributed by atoms with Crippen molar-refractivity contribution in [3.8, 4) is 22.8 Å². The molecule has 0 saturated heterocycles. The molecule has 2 heterocycles. The fourth-order valence-electron chi connectivity index (χ4n) is 5.17. The molecule has 7 heteroatoms. The van der Waals surface area contributed by atoms with Crippen molar-refractivity contribution in [1.29, 1.82) is 0 Å². The van der Waals surface area contributed by atoms with Gasteiger partial charge in [-0.3, -0.25) is 0 Å². The van der Waals surface area contributed by atoms with Gasteiger partial charge in [0.1, 0.15) is 5.82 Å². The van der Waals surface area contributed by atoms with E-state index in [1.165, 1.54) is 25.7 Å². The summed E-state index contributed by atoms with van der Waals surface area (Å²) in [5.41, 5.74) is 4.64. The van der Waals surface area contributed by atoms with Gasteiger partial charge in [0.05, 0.1) is 16.1 Å². The number of hydrogen-bond donors (Lipinski definition) is 2. The second-order valence-corrected chi connectivity index (χ2v) is 8.99. The van der Waals surface area contributed by atoms with Gasteiger partial charge in [-0.15, -0.1) is 5.10 Å². The Morgan fingerprint density at radius 1 is 1.13 bits per heavy atom. The highest BCUT2D eigenvalue weighted by Crippen LogP contribution is 2.45. The number of aryl methyl sites for hydroxylation is 1. The van der Waals surface area contributed by atoms with Crippen LogP contribution < -0.4 is 5.32 Å². The molecule has 0 spiro atoms. The van der Waals surface area contributed by atoms with Crippen molar-refractivity contribution in [3.63, 3.8) is 0 Å². The maximum atomic E-state index is 6.41. The van der Waals surface area contributed by atoms with Gasteiger partial charge in [-0.25, -0.2) is 4.98 Å². The van der Waals surface area contributed by atoms with Crippen molar-refractivity contribution >= 4 is 28.6 Å². The number of halogens is 1. The maximum Gasteiger partial charge on any atom is 0.315 e. The number of H-pyrrole nitrogens is 1. The predicted octanol–water partition coefficient (Wildman–Crippen LogP) is 5.84. The molecule has 2 aliphatic rings. The minimum Gasteiger partial charge on any atom is -0.403 e. The second kappa shape index (κ2) is 6.84. The molecule has 2 aromatic carbocycles. The summed E-state index contributed by atoms with van der Waals surface area (Å²) in [6.07, 6.45) is 5.24. The Balaban J connectivity index is 1.28. The average Bonchev–Trinajstić information content (AvgIpc) is 3.51. The summed E-state index contributed by atoms with van der Waals surface area (Å²) in [6.45, 7) is 2.03. The predicted molar refractivity (Wildman–Crippen MR) is 117 cm³/mol. The summed E-state index contributed by atoms with van der Waals surface area (Å²) >= 11 is 6.41. The monoisotopic (exact) mass is 419 g/mol. The largest absolute Gasteiger partial charge is 0.403 e. The molecule has 2 aliphatic carbocycles. The molecule has 0 radical (unpaired) electrons. The fraction of sp³-hybridized carbons (Fsp3) is 0.348. The number of nitrogens with one attached hydrogen (secondary N) is 2. The number of anilines is 1. The van der Waals surface area contributed by atoms with E-state index in [1.807, 2.05) is 43.3 Å². The van der Waals surface area contributed by atoms with Gasteiger partial charge in [-0.2, -0.15) is 0 Å². The van der Waals surface area contributed by atoms with Crippen LogP contribution in [0.2, 0.25) is 5.02 Å². The van der Waals surface area contributed by atoms with Gasteiger partial charge in [-0.1, -0.05) is 35.3 Å². The lowest BCUT2D eigenvalue weighted by Gasteiger charge is -2.21. The molecule has 4 aromatic rings. The lowest BCUT2D eigenvalue weighted by atomic mass is 9.96. The lowest BCUT2D eigenvalue weighted by Crippen LogP contribution is -2.25. The van der Waals surface area contributed by atoms with Crippen LogP contribution in [0, 0.1) is 18.8 Å². The Bertz CT molecular complexity index is 1230. The van der Waals surface area contributed by atoms with E-state index in [0.29, 0.717) is 23.0 Å². The van der Waals surface area contributed by atoms with Crippen LogP contribution in [0.25, 0.3) is 33.9 Å². The molecule has 3 atom stereocenters. The van der Waals surface area contributed by atoms with Crippen molar-refractivity contribution in [1.82, 2.24) is 20.2 Å². The first kappa shape index (κ1) is 18.0. The van der Waals surface area contributed by atoms with Gasteiger partial charge in [0.2, 0.25) is 5.89 Å². The molecule has 0 amide bonds. The number of nitrogens with zero attached hydrogens (tertiary/aromatic N) is 3. The quantitative estimate of drug-likeness (QED) is 0.434. The van der Waals surface area contributed by atoms with Crippen LogP contribution in [0.5, 0.6) is 0 Å². The third-order valence-corrected chi connectivity index (χ3v) is 6.97. The highest BCUT2D eigenvalue weighted by Gasteiger charge is 2.40. The van der Waals surface area contributed by atoms with Gasteiger partial charge >= 0.3 is 6.01 Å². The van der Waals surface area contributed by atoms with Crippen LogP contribution in [0.15, 0.2) is 40.8 Å². The fourth-order valence-corrected chi connectivity index (χ4v) is 5.48. The second-order valence-electron chi connectivity index (χ2n) is 8.59. The van der Waals surface area contributed by atoms with Gasteiger partial charge in [0.25, 0.3) is 0 Å². The van der Waals surface area contributed by atoms with E-state index in [2.05, 4.69) is 20.5 Å². The van der Waals surface area contributed by atoms with Crippen LogP contribution in [0.4, 0.5) is 6.01 Å². The minimum atomic E-state index is 0.466. The molecule has 2 fully saturated rings. The van der Waals surface area contributed by atoms with E-state index < -0.39 is 0 Å². The van der Waals surface area contributed by atoms with Gasteiger partial charge in [0, 0.05) is 17.2 Å². The molecule has 2 bridgehead atoms. The third kappa shape index (κ3) is 2.98. The summed E-state index contributed by atoms with van der Waals surface area (Å²) in [6, 6.07) is 12.8. The van der Waals surface area contributed by atoms with Gasteiger partial charge in [0.15, 0.2) is 0 Å². The number of imidazole rings is 1. The minimum absolute atomic E-state index is 0.466. The first-order valence-electron chi connectivity index (χ1n) is 10.5. The molecular formula is C23H22ClN5O. The lowest BCUT2D eigenvalue weighted by molar-refractivity contribution is 0.428. The van der Waals surface area contributed by atoms with Crippen LogP contribution in [-0.4, -0.2) is 26.2 Å². The SMILES string of the molecule is Cc1cccc(Cl)c1-c1nc2ccc(-c3nnc(NC4CC5CCC4C5)o3)cc2[nH]1. The Hall–Kier alpha value is -2.86. The van der Waals surface area contributed by atoms with E-state index >= 15 is 0 Å². The highest BCUT2D eigenvalue weighted by atomic mass is 35.5. The van der Waals surface area contributed by atoms with Gasteiger partial charge < -0.3 is 14.7 Å². The molecule has 0 aliphatic heterocycles. The van der Waals surface area contributed by atoms with Crippen molar-refractivity contribution in [2.45, 2.75) is 38.6 Å². The number of hydrogen-bond acceptors (Lipinski definition) is 5. The third-order valence-electron chi connectivity index (χ3n) is 6.66. The zero-order valence-electron chi connectivity index (χ0n) is 16.7. The Kier molecular flexibility index (Phi) is 4.09. The number of benzene rings is 2. The summed E-state index contributed by atoms with van der Waals surface area (Å²) < 4.78 is 5.93. The molecule has 6 nitrogen and oxygen atoms in total. The van der Waals surface area contributed by atoms with Crippen LogP contribution in [-0.2, 0) is 0 Å². The van der Waals surface area contributed by atoms with E-state index in [-0.39, 0.29) is 0 Å². The first-order chi connectivity index (χ1) is 14.6. The van der Waals surface area contributed by atoms with Crippen LogP contribution in [0.1, 0.15) is 31.2 Å². The Morgan fingerprint density at radius 2 is 2.07 bits per heavy atom. The Labute approximate surface area is 179 Å². The first-order valence-corrected chi connectivity index (χ1v) is 10.9. The smallest absolute Gasteiger partial charge is 0.315 e. The standard InChI is InChI=1S/C23H22ClN5O/c1-12-3-2-4-16(24)20(12)21-25-17-8-7-15(11-19(17)26-21)22-28-29-23(30-22)27-18-10-13-5-6-14(18)9-13/h2-4,7-8,11,13-14,18H,5-6,9-10H2,1H3,(H,25,26)(H,27,29). The zero-order valence-corrected chi connectivity index (χ0v) is 17.4. The molecule has 3 unspecified atom stereocenters. The summed E-state index contributed by atoms with van der Waals surface area (Å²) in [7, 11) is 0. The Morgan fingerprint density at radius 3 is 2.87 bits per heavy atom. The molecule has 2 N–H and O–H groups in total. The normalized spacial score (nSPS) is 22.8. The number of fused-ring (bicyclic) bond motifs is 3. The van der Waals surface area contributed by atoms with E-state index in [4.69, 9.17) is 21.0 Å². The summed E-state index contributed by atoms with van der Waals surface area (Å²) in [5, 5.41) is 12.6. The molecule has 2 aromatic heterocycles. The van der Waals surface area contributed by atoms with Crippen molar-refractivity contribution in [2.24, 2.45) is 11.8 Å². The van der Waals surface area contributed by atoms with Crippen molar-refractivity contribution < 1.29 is 4.42 Å². The average molecular weight is 420 g/mol. The van der Waals surface area contributed by atoms with E-state index in [9.17, 15) is 0 Å². The van der Waals surface area contributed by atoms with Gasteiger partial charge in [-0.05, 0) is 67.9 Å². The highest BCUT2D eigenvalue weighted by molar-refractivity contribution is 6.33. The van der Waals surface area contributed by atoms with Crippen LogP contribution in [0.3, 0.4) is 0 Å². The van der Waals surface area contributed by atoms with Crippen LogP contribution >= 0.6 is 11.6 Å². The number of rotatable bonds is 4. The topological polar surface area (TPSA) is 79.6 Å². The molecule has 2 saturated carbocycles. The number of aromatic nitrogens is 4. The van der Waals surface area contributed by atoms with Crippen molar-refractivity contribution in [2.75, 3.05) is 5.32 Å². The zero-order chi connectivity index (χ0) is 20.2. The molecular weight excluding hydrogens is 398 g/mol. The molecule has 6 rings (SSSR count). The number of aromatic amines is 1.